The van der Waals surface area contributed by atoms with Gasteiger partial charge in [0.25, 0.3) is 0 Å². The van der Waals surface area contributed by atoms with Gasteiger partial charge in [0.1, 0.15) is 10.6 Å². The van der Waals surface area contributed by atoms with Gasteiger partial charge in [-0.05, 0) is 39.0 Å². The third-order valence-corrected chi connectivity index (χ3v) is 4.28. The summed E-state index contributed by atoms with van der Waals surface area (Å²) in [4.78, 5) is 11.3. The molecule has 0 aliphatic heterocycles. The van der Waals surface area contributed by atoms with Gasteiger partial charge < -0.3 is 9.47 Å². The number of carbonyl (C=O) groups excluding carboxylic acids is 1. The Balaban J connectivity index is 3.20. The number of esters is 1. The van der Waals surface area contributed by atoms with E-state index in [0.717, 1.165) is 12.1 Å². The van der Waals surface area contributed by atoms with Crippen molar-refractivity contribution < 1.29 is 35.9 Å². The highest BCUT2D eigenvalue weighted by atomic mass is 32.2. The highest BCUT2D eigenvalue weighted by Crippen LogP contribution is 2.26. The molecule has 0 aliphatic rings. The molecule has 0 saturated carbocycles. The molecular weight excluding hydrogens is 351 g/mol. The fraction of sp³-hybridized carbons (Fsp3) is 0.500. The standard InChI is InChI=1S/C14H18F3NO5S/c1-13(2,3)18-24(20,21)11-7-9(5-6-10(11)22-4)12(19)23-8-14(15,16)17/h5-7,18H,8H2,1-4H3. The van der Waals surface area contributed by atoms with E-state index in [9.17, 15) is 26.4 Å². The largest absolute Gasteiger partial charge is 0.495 e. The van der Waals surface area contributed by atoms with Crippen LogP contribution in [0, 0.1) is 0 Å². The summed E-state index contributed by atoms with van der Waals surface area (Å²) in [6.07, 6.45) is -4.68. The van der Waals surface area contributed by atoms with Crippen molar-refractivity contribution in [3.63, 3.8) is 0 Å². The lowest BCUT2D eigenvalue weighted by molar-refractivity contribution is -0.161. The van der Waals surface area contributed by atoms with Crippen molar-refractivity contribution in [3.8, 4) is 5.75 Å². The van der Waals surface area contributed by atoms with Crippen molar-refractivity contribution >= 4 is 16.0 Å². The SMILES string of the molecule is COc1ccc(C(=O)OCC(F)(F)F)cc1S(=O)(=O)NC(C)(C)C. The molecule has 1 aromatic rings. The third-order valence-electron chi connectivity index (χ3n) is 2.50. The van der Waals surface area contributed by atoms with Gasteiger partial charge in [0, 0.05) is 5.54 Å². The highest BCUT2D eigenvalue weighted by Gasteiger charge is 2.31. The van der Waals surface area contributed by atoms with Gasteiger partial charge in [0.2, 0.25) is 10.0 Å². The number of hydrogen-bond acceptors (Lipinski definition) is 5. The van der Waals surface area contributed by atoms with E-state index in [1.54, 1.807) is 20.8 Å². The van der Waals surface area contributed by atoms with E-state index in [1.165, 1.54) is 13.2 Å². The van der Waals surface area contributed by atoms with Crippen LogP contribution in [0.2, 0.25) is 0 Å². The maximum absolute atomic E-state index is 12.4. The van der Waals surface area contributed by atoms with E-state index >= 15 is 0 Å². The number of nitrogens with one attached hydrogen (secondary N) is 1. The summed E-state index contributed by atoms with van der Waals surface area (Å²) in [7, 11) is -2.84. The van der Waals surface area contributed by atoms with E-state index in [1.807, 2.05) is 0 Å². The minimum atomic E-state index is -4.68. The van der Waals surface area contributed by atoms with Crippen LogP contribution in [0.1, 0.15) is 31.1 Å². The van der Waals surface area contributed by atoms with Crippen LogP contribution in [0.15, 0.2) is 23.1 Å². The van der Waals surface area contributed by atoms with Crippen LogP contribution in [-0.2, 0) is 14.8 Å². The summed E-state index contributed by atoms with van der Waals surface area (Å²) in [5, 5.41) is 0. The molecule has 0 atom stereocenters. The van der Waals surface area contributed by atoms with E-state index < -0.39 is 34.3 Å². The summed E-state index contributed by atoms with van der Waals surface area (Å²) in [5.74, 6) is -1.35. The maximum Gasteiger partial charge on any atom is 0.422 e. The molecule has 0 aliphatic carbocycles. The molecule has 0 saturated heterocycles. The van der Waals surface area contributed by atoms with Gasteiger partial charge in [-0.15, -0.1) is 0 Å². The predicted molar refractivity (Wildman–Crippen MR) is 79.4 cm³/mol. The van der Waals surface area contributed by atoms with E-state index in [4.69, 9.17) is 4.74 Å². The number of benzene rings is 1. The minimum absolute atomic E-state index is 0.0564. The Morgan fingerprint density at radius 2 is 1.79 bits per heavy atom. The van der Waals surface area contributed by atoms with E-state index in [-0.39, 0.29) is 16.2 Å². The average molecular weight is 369 g/mol. The Morgan fingerprint density at radius 1 is 1.21 bits per heavy atom. The molecule has 136 valence electrons. The number of ether oxygens (including phenoxy) is 2. The number of methoxy groups -OCH3 is 1. The molecule has 0 spiro atoms. The zero-order valence-electron chi connectivity index (χ0n) is 13.5. The predicted octanol–water partition coefficient (Wildman–Crippen LogP) is 2.49. The van der Waals surface area contributed by atoms with Crippen molar-refractivity contribution in [3.05, 3.63) is 23.8 Å². The lowest BCUT2D eigenvalue weighted by Crippen LogP contribution is -2.40. The number of carbonyl (C=O) groups is 1. The molecule has 6 nitrogen and oxygen atoms in total. The molecule has 0 amide bonds. The molecule has 1 rings (SSSR count). The van der Waals surface area contributed by atoms with Crippen molar-refractivity contribution in [2.24, 2.45) is 0 Å². The molecule has 1 aromatic carbocycles. The van der Waals surface area contributed by atoms with Gasteiger partial charge in [-0.3, -0.25) is 0 Å². The van der Waals surface area contributed by atoms with Crippen molar-refractivity contribution in [1.29, 1.82) is 0 Å². The third kappa shape index (κ3) is 6.00. The fourth-order valence-electron chi connectivity index (χ4n) is 1.70. The second-order valence-corrected chi connectivity index (χ2v) is 7.56. The minimum Gasteiger partial charge on any atom is -0.495 e. The quantitative estimate of drug-likeness (QED) is 0.807. The molecule has 1 N–H and O–H groups in total. The zero-order chi connectivity index (χ0) is 18.8. The van der Waals surface area contributed by atoms with Crippen LogP contribution in [-0.4, -0.2) is 39.8 Å². The number of rotatable bonds is 5. The van der Waals surface area contributed by atoms with Crippen LogP contribution < -0.4 is 9.46 Å². The Kier molecular flexibility index (Phi) is 5.88. The Morgan fingerprint density at radius 3 is 2.25 bits per heavy atom. The van der Waals surface area contributed by atoms with Crippen molar-refractivity contribution in [2.75, 3.05) is 13.7 Å². The summed E-state index contributed by atoms with van der Waals surface area (Å²) < 4.78 is 72.5. The van der Waals surface area contributed by atoms with Gasteiger partial charge >= 0.3 is 12.1 Å². The Hall–Kier alpha value is -1.81. The molecule has 24 heavy (non-hydrogen) atoms. The summed E-state index contributed by atoms with van der Waals surface area (Å²) in [6, 6.07) is 3.20. The number of sulfonamides is 1. The van der Waals surface area contributed by atoms with Crippen LogP contribution in [0.25, 0.3) is 0 Å². The maximum atomic E-state index is 12.4. The van der Waals surface area contributed by atoms with Crippen molar-refractivity contribution in [1.82, 2.24) is 4.72 Å². The zero-order valence-corrected chi connectivity index (χ0v) is 14.3. The van der Waals surface area contributed by atoms with Gasteiger partial charge in [-0.2, -0.15) is 13.2 Å². The van der Waals surface area contributed by atoms with Gasteiger partial charge in [0.15, 0.2) is 6.61 Å². The van der Waals surface area contributed by atoms with Crippen molar-refractivity contribution in [2.45, 2.75) is 37.4 Å². The van der Waals surface area contributed by atoms with E-state index in [2.05, 4.69) is 9.46 Å². The van der Waals surface area contributed by atoms with Gasteiger partial charge in [-0.1, -0.05) is 0 Å². The summed E-state index contributed by atoms with van der Waals surface area (Å²) >= 11 is 0. The van der Waals surface area contributed by atoms with Gasteiger partial charge in [-0.25, -0.2) is 17.9 Å². The lowest BCUT2D eigenvalue weighted by atomic mass is 10.1. The number of alkyl halides is 3. The number of hydrogen-bond donors (Lipinski definition) is 1. The van der Waals surface area contributed by atoms with Crippen LogP contribution in [0.4, 0.5) is 13.2 Å². The summed E-state index contributed by atoms with van der Waals surface area (Å²) in [5.41, 5.74) is -1.15. The highest BCUT2D eigenvalue weighted by molar-refractivity contribution is 7.89. The van der Waals surface area contributed by atoms with Gasteiger partial charge in [0.05, 0.1) is 12.7 Å². The molecule has 0 heterocycles. The first-order valence-electron chi connectivity index (χ1n) is 6.71. The molecule has 0 aromatic heterocycles. The second kappa shape index (κ2) is 6.98. The molecule has 0 bridgehead atoms. The normalized spacial score (nSPS) is 12.8. The molecule has 10 heteroatoms. The van der Waals surface area contributed by atoms with Crippen LogP contribution >= 0.6 is 0 Å². The van der Waals surface area contributed by atoms with Crippen LogP contribution in [0.3, 0.4) is 0 Å². The topological polar surface area (TPSA) is 81.7 Å². The first-order chi connectivity index (χ1) is 10.7. The Bertz CT molecular complexity index is 708. The lowest BCUT2D eigenvalue weighted by Gasteiger charge is -2.21. The monoisotopic (exact) mass is 369 g/mol. The Labute approximate surface area is 138 Å². The smallest absolute Gasteiger partial charge is 0.422 e. The summed E-state index contributed by atoms with van der Waals surface area (Å²) in [6.45, 7) is 3.07. The first-order valence-corrected chi connectivity index (χ1v) is 8.19. The molecule has 0 radical (unpaired) electrons. The molecular formula is C14H18F3NO5S. The molecule has 0 unspecified atom stereocenters. The molecule has 0 fully saturated rings. The van der Waals surface area contributed by atoms with Crippen LogP contribution in [0.5, 0.6) is 5.75 Å². The number of halogens is 3. The first kappa shape index (κ1) is 20.2. The second-order valence-electron chi connectivity index (χ2n) is 5.91. The average Bonchev–Trinajstić information content (AvgIpc) is 2.40. The fourth-order valence-corrected chi connectivity index (χ4v) is 3.32. The van der Waals surface area contributed by atoms with E-state index in [0.29, 0.717) is 0 Å².